The van der Waals surface area contributed by atoms with Gasteiger partial charge in [-0.15, -0.1) is 5.10 Å². The summed E-state index contributed by atoms with van der Waals surface area (Å²) >= 11 is 1.23. The Bertz CT molecular complexity index is 1070. The highest BCUT2D eigenvalue weighted by Gasteiger charge is 2.22. The van der Waals surface area contributed by atoms with Gasteiger partial charge in [0.15, 0.2) is 5.78 Å². The van der Waals surface area contributed by atoms with Crippen LogP contribution in [0.1, 0.15) is 39.3 Å². The molecule has 0 saturated carbocycles. The number of carbonyl (C=O) groups is 2. The average Bonchev–Trinajstić information content (AvgIpc) is 3.53. The number of rotatable bonds is 7. The van der Waals surface area contributed by atoms with Crippen molar-refractivity contribution in [3.05, 3.63) is 47.3 Å². The molecule has 156 valence electrons. The summed E-state index contributed by atoms with van der Waals surface area (Å²) in [4.78, 5) is 29.8. The third kappa shape index (κ3) is 4.09. The van der Waals surface area contributed by atoms with E-state index in [-0.39, 0.29) is 17.4 Å². The molecule has 1 saturated heterocycles. The van der Waals surface area contributed by atoms with Crippen molar-refractivity contribution in [2.24, 2.45) is 0 Å². The lowest BCUT2D eigenvalue weighted by Crippen LogP contribution is -2.27. The van der Waals surface area contributed by atoms with Crippen molar-refractivity contribution in [1.82, 2.24) is 30.1 Å². The Labute approximate surface area is 177 Å². The number of tetrazole rings is 1. The van der Waals surface area contributed by atoms with Gasteiger partial charge in [0.2, 0.25) is 5.16 Å². The molecule has 30 heavy (non-hydrogen) atoms. The number of methoxy groups -OCH3 is 1. The monoisotopic (exact) mass is 426 g/mol. The molecule has 10 heteroatoms. The molecule has 0 bridgehead atoms. The number of nitrogens with one attached hydrogen (secondary N) is 1. The number of carbonyl (C=O) groups excluding carboxylic acids is 2. The summed E-state index contributed by atoms with van der Waals surface area (Å²) < 4.78 is 6.97. The van der Waals surface area contributed by atoms with Crippen molar-refractivity contribution in [2.75, 3.05) is 26.0 Å². The SMILES string of the molecule is COc1ccc(C)cc1-n1nnnc1SCC(=O)c1c[nH]c(C(=O)N2CCCC2)c1. The van der Waals surface area contributed by atoms with Gasteiger partial charge in [-0.1, -0.05) is 17.8 Å². The predicted molar refractivity (Wildman–Crippen MR) is 111 cm³/mol. The molecular formula is C20H22N6O3S. The second-order valence-corrected chi connectivity index (χ2v) is 8.00. The van der Waals surface area contributed by atoms with Crippen LogP contribution in [0.2, 0.25) is 0 Å². The van der Waals surface area contributed by atoms with Crippen molar-refractivity contribution in [1.29, 1.82) is 0 Å². The molecular weight excluding hydrogens is 404 g/mol. The normalized spacial score (nSPS) is 13.6. The molecule has 0 spiro atoms. The molecule has 0 aliphatic carbocycles. The number of thioether (sulfide) groups is 1. The highest BCUT2D eigenvalue weighted by atomic mass is 32.2. The van der Waals surface area contributed by atoms with Gasteiger partial charge in [-0.05, 0) is 54.0 Å². The van der Waals surface area contributed by atoms with Crippen LogP contribution in [0.4, 0.5) is 0 Å². The van der Waals surface area contributed by atoms with Gasteiger partial charge in [0.25, 0.3) is 5.91 Å². The number of H-pyrrole nitrogens is 1. The quantitative estimate of drug-likeness (QED) is 0.457. The van der Waals surface area contributed by atoms with Gasteiger partial charge in [-0.25, -0.2) is 0 Å². The summed E-state index contributed by atoms with van der Waals surface area (Å²) in [6, 6.07) is 7.33. The molecule has 1 aliphatic heterocycles. The van der Waals surface area contributed by atoms with Crippen LogP contribution < -0.4 is 4.74 Å². The maximum absolute atomic E-state index is 12.7. The fourth-order valence-corrected chi connectivity index (χ4v) is 4.15. The molecule has 1 aromatic carbocycles. The van der Waals surface area contributed by atoms with Crippen LogP contribution >= 0.6 is 11.8 Å². The Morgan fingerprint density at radius 1 is 1.23 bits per heavy atom. The number of likely N-dealkylation sites (tertiary alicyclic amines) is 1. The third-order valence-corrected chi connectivity index (χ3v) is 5.88. The molecule has 4 rings (SSSR count). The van der Waals surface area contributed by atoms with E-state index >= 15 is 0 Å². The molecule has 1 N–H and O–H groups in total. The van der Waals surface area contributed by atoms with Crippen LogP contribution in [0.25, 0.3) is 5.69 Å². The van der Waals surface area contributed by atoms with Crippen molar-refractivity contribution in [3.63, 3.8) is 0 Å². The van der Waals surface area contributed by atoms with E-state index in [0.29, 0.717) is 27.9 Å². The molecule has 2 aromatic heterocycles. The second kappa shape index (κ2) is 8.70. The van der Waals surface area contributed by atoms with E-state index in [1.807, 2.05) is 25.1 Å². The summed E-state index contributed by atoms with van der Waals surface area (Å²) in [5, 5.41) is 12.3. The minimum atomic E-state index is -0.109. The summed E-state index contributed by atoms with van der Waals surface area (Å²) in [7, 11) is 1.59. The van der Waals surface area contributed by atoms with Crippen LogP contribution in [-0.4, -0.2) is 67.7 Å². The fraction of sp³-hybridized carbons (Fsp3) is 0.350. The molecule has 9 nitrogen and oxygen atoms in total. The molecule has 0 radical (unpaired) electrons. The van der Waals surface area contributed by atoms with E-state index < -0.39 is 0 Å². The molecule has 0 atom stereocenters. The third-order valence-electron chi connectivity index (χ3n) is 4.96. The summed E-state index contributed by atoms with van der Waals surface area (Å²) in [5.74, 6) is 0.609. The first kappa shape index (κ1) is 20.1. The van der Waals surface area contributed by atoms with E-state index in [9.17, 15) is 9.59 Å². The number of amides is 1. The maximum Gasteiger partial charge on any atom is 0.270 e. The minimum absolute atomic E-state index is 0.0605. The summed E-state index contributed by atoms with van der Waals surface area (Å²) in [6.45, 7) is 3.50. The van der Waals surface area contributed by atoms with Crippen LogP contribution in [0.5, 0.6) is 5.75 Å². The Balaban J connectivity index is 1.45. The zero-order chi connectivity index (χ0) is 21.1. The number of aryl methyl sites for hydroxylation is 1. The van der Waals surface area contributed by atoms with Gasteiger partial charge in [-0.2, -0.15) is 4.68 Å². The largest absolute Gasteiger partial charge is 0.494 e. The Morgan fingerprint density at radius 2 is 2.03 bits per heavy atom. The van der Waals surface area contributed by atoms with Gasteiger partial charge in [0, 0.05) is 24.8 Å². The average molecular weight is 427 g/mol. The van der Waals surface area contributed by atoms with Crippen molar-refractivity contribution < 1.29 is 14.3 Å². The highest BCUT2D eigenvalue weighted by Crippen LogP contribution is 2.27. The number of hydrogen-bond acceptors (Lipinski definition) is 7. The second-order valence-electron chi connectivity index (χ2n) is 7.06. The highest BCUT2D eigenvalue weighted by molar-refractivity contribution is 7.99. The minimum Gasteiger partial charge on any atom is -0.494 e. The zero-order valence-electron chi connectivity index (χ0n) is 16.8. The van der Waals surface area contributed by atoms with Gasteiger partial charge in [0.1, 0.15) is 17.1 Å². The molecule has 1 aliphatic rings. The number of ether oxygens (including phenoxy) is 1. The number of benzene rings is 1. The van der Waals surface area contributed by atoms with Gasteiger partial charge in [0.05, 0.1) is 12.9 Å². The summed E-state index contributed by atoms with van der Waals surface area (Å²) in [6.07, 6.45) is 3.63. The van der Waals surface area contributed by atoms with E-state index in [1.54, 1.807) is 29.0 Å². The molecule has 3 heterocycles. The molecule has 0 unspecified atom stereocenters. The fourth-order valence-electron chi connectivity index (χ4n) is 3.37. The van der Waals surface area contributed by atoms with Crippen molar-refractivity contribution in [2.45, 2.75) is 24.9 Å². The van der Waals surface area contributed by atoms with Gasteiger partial charge < -0.3 is 14.6 Å². The molecule has 3 aromatic rings. The Morgan fingerprint density at radius 3 is 2.80 bits per heavy atom. The Kier molecular flexibility index (Phi) is 5.84. The van der Waals surface area contributed by atoms with E-state index in [2.05, 4.69) is 20.5 Å². The first-order chi connectivity index (χ1) is 14.6. The first-order valence-corrected chi connectivity index (χ1v) is 10.6. The Hall–Kier alpha value is -3.14. The van der Waals surface area contributed by atoms with Gasteiger partial charge >= 0.3 is 0 Å². The molecule has 1 amide bonds. The number of Topliss-reactive ketones (excluding diaryl/α,β-unsaturated/α-hetero) is 1. The zero-order valence-corrected chi connectivity index (χ0v) is 17.6. The van der Waals surface area contributed by atoms with Crippen LogP contribution in [0.3, 0.4) is 0 Å². The van der Waals surface area contributed by atoms with Crippen LogP contribution in [0, 0.1) is 6.92 Å². The van der Waals surface area contributed by atoms with Crippen LogP contribution in [0.15, 0.2) is 35.6 Å². The number of nitrogens with zero attached hydrogens (tertiary/aromatic N) is 5. The lowest BCUT2D eigenvalue weighted by Gasteiger charge is -2.13. The number of aromatic amines is 1. The maximum atomic E-state index is 12.7. The van der Waals surface area contributed by atoms with E-state index in [0.717, 1.165) is 31.5 Å². The number of aromatic nitrogens is 5. The lowest BCUT2D eigenvalue weighted by molar-refractivity contribution is 0.0787. The topological polar surface area (TPSA) is 106 Å². The predicted octanol–water partition coefficient (Wildman–Crippen LogP) is 2.52. The number of ketones is 1. The first-order valence-electron chi connectivity index (χ1n) is 9.64. The standard InChI is InChI=1S/C20H22N6O3S/c1-13-5-6-18(29-2)16(9-13)26-20(22-23-24-26)30-12-17(27)14-10-15(21-11-14)19(28)25-7-3-4-8-25/h5-6,9-11,21H,3-4,7-8,12H2,1-2H3. The van der Waals surface area contributed by atoms with Crippen LogP contribution in [-0.2, 0) is 0 Å². The van der Waals surface area contributed by atoms with Crippen molar-refractivity contribution in [3.8, 4) is 11.4 Å². The number of hydrogen-bond donors (Lipinski definition) is 1. The smallest absolute Gasteiger partial charge is 0.270 e. The van der Waals surface area contributed by atoms with E-state index in [4.69, 9.17) is 4.74 Å². The lowest BCUT2D eigenvalue weighted by atomic mass is 10.2. The van der Waals surface area contributed by atoms with E-state index in [1.165, 1.54) is 11.8 Å². The van der Waals surface area contributed by atoms with Crippen molar-refractivity contribution >= 4 is 23.5 Å². The van der Waals surface area contributed by atoms with Gasteiger partial charge in [-0.3, -0.25) is 9.59 Å². The molecule has 1 fully saturated rings. The summed E-state index contributed by atoms with van der Waals surface area (Å²) in [5.41, 5.74) is 2.66.